The van der Waals surface area contributed by atoms with E-state index >= 15 is 0 Å². The number of furan rings is 1. The van der Waals surface area contributed by atoms with Gasteiger partial charge in [-0.1, -0.05) is 0 Å². The number of benzene rings is 1. The van der Waals surface area contributed by atoms with Crippen molar-refractivity contribution in [3.05, 3.63) is 53.5 Å². The number of carbonyl (C=O) groups is 1. The molecule has 2 rings (SSSR count). The van der Waals surface area contributed by atoms with E-state index in [9.17, 15) is 4.79 Å². The van der Waals surface area contributed by atoms with E-state index in [0.717, 1.165) is 0 Å². The van der Waals surface area contributed by atoms with Crippen LogP contribution in [-0.4, -0.2) is 5.97 Å². The number of aryl methyl sites for hydroxylation is 1. The summed E-state index contributed by atoms with van der Waals surface area (Å²) >= 11 is 0. The van der Waals surface area contributed by atoms with Crippen molar-refractivity contribution in [3.63, 3.8) is 0 Å². The fourth-order valence-corrected chi connectivity index (χ4v) is 1.36. The van der Waals surface area contributed by atoms with Crippen molar-refractivity contribution in [2.75, 3.05) is 0 Å². The lowest BCUT2D eigenvalue weighted by molar-refractivity contribution is 0.0733. The summed E-state index contributed by atoms with van der Waals surface area (Å²) in [6.45, 7) is 1.69. The molecule has 1 heterocycles. The van der Waals surface area contributed by atoms with Crippen molar-refractivity contribution >= 4 is 5.97 Å². The lowest BCUT2D eigenvalue weighted by Crippen LogP contribution is -2.08. The Hall–Kier alpha value is -2.54. The van der Waals surface area contributed by atoms with Crippen LogP contribution in [0.25, 0.3) is 0 Å². The Balaban J connectivity index is 2.14. The zero-order chi connectivity index (χ0) is 12.3. The zero-order valence-corrected chi connectivity index (χ0v) is 9.14. The number of nitrogens with zero attached hydrogens (tertiary/aromatic N) is 1. The van der Waals surface area contributed by atoms with Gasteiger partial charge in [0.05, 0.1) is 17.9 Å². The first-order valence-electron chi connectivity index (χ1n) is 4.97. The van der Waals surface area contributed by atoms with Crippen LogP contribution in [0.3, 0.4) is 0 Å². The first kappa shape index (κ1) is 11.0. The predicted octanol–water partition coefficient (Wildman–Crippen LogP) is 2.68. The number of carbonyl (C=O) groups excluding carboxylic acids is 1. The van der Waals surface area contributed by atoms with Gasteiger partial charge in [0.25, 0.3) is 0 Å². The second-order valence-corrected chi connectivity index (χ2v) is 3.42. The Morgan fingerprint density at radius 1 is 1.29 bits per heavy atom. The van der Waals surface area contributed by atoms with Crippen molar-refractivity contribution in [2.45, 2.75) is 6.92 Å². The molecule has 84 valence electrons. The number of ether oxygens (including phenoxy) is 1. The average molecular weight is 227 g/mol. The van der Waals surface area contributed by atoms with Gasteiger partial charge in [0.1, 0.15) is 17.1 Å². The van der Waals surface area contributed by atoms with E-state index in [0.29, 0.717) is 22.6 Å². The van der Waals surface area contributed by atoms with Gasteiger partial charge >= 0.3 is 5.97 Å². The van der Waals surface area contributed by atoms with E-state index in [-0.39, 0.29) is 0 Å². The summed E-state index contributed by atoms with van der Waals surface area (Å²) in [5.41, 5.74) is 0.915. The Labute approximate surface area is 98.0 Å². The first-order chi connectivity index (χ1) is 8.20. The molecule has 0 spiro atoms. The summed E-state index contributed by atoms with van der Waals surface area (Å²) in [7, 11) is 0. The molecule has 2 aromatic rings. The topological polar surface area (TPSA) is 63.2 Å². The predicted molar refractivity (Wildman–Crippen MR) is 59.6 cm³/mol. The third kappa shape index (κ3) is 2.34. The van der Waals surface area contributed by atoms with Gasteiger partial charge in [-0.2, -0.15) is 5.26 Å². The van der Waals surface area contributed by atoms with Crippen molar-refractivity contribution in [2.24, 2.45) is 0 Å². The Morgan fingerprint density at radius 2 is 2.00 bits per heavy atom. The first-order valence-corrected chi connectivity index (χ1v) is 4.97. The Bertz CT molecular complexity index is 575. The van der Waals surface area contributed by atoms with E-state index in [1.807, 2.05) is 6.07 Å². The van der Waals surface area contributed by atoms with E-state index in [2.05, 4.69) is 0 Å². The number of esters is 1. The summed E-state index contributed by atoms with van der Waals surface area (Å²) in [6, 6.07) is 9.87. The molecule has 0 bridgehead atoms. The highest BCUT2D eigenvalue weighted by atomic mass is 16.5. The van der Waals surface area contributed by atoms with Gasteiger partial charge in [-0.15, -0.1) is 0 Å². The summed E-state index contributed by atoms with van der Waals surface area (Å²) in [6.07, 6.45) is 1.44. The zero-order valence-electron chi connectivity index (χ0n) is 9.14. The average Bonchev–Trinajstić information content (AvgIpc) is 2.76. The standard InChI is InChI=1S/C13H9NO3/c1-9-12(6-7-16-9)13(15)17-11-4-2-10(8-14)3-5-11/h2-7H,1H3. The molecule has 1 aromatic carbocycles. The normalized spacial score (nSPS) is 9.65. The molecule has 0 saturated heterocycles. The summed E-state index contributed by atoms with van der Waals surface area (Å²) in [5.74, 6) is 0.444. The summed E-state index contributed by atoms with van der Waals surface area (Å²) in [5, 5.41) is 8.63. The van der Waals surface area contributed by atoms with Crippen LogP contribution in [0.5, 0.6) is 5.75 Å². The van der Waals surface area contributed by atoms with Gasteiger partial charge in [0.15, 0.2) is 0 Å². The molecule has 0 aliphatic rings. The third-order valence-corrected chi connectivity index (χ3v) is 2.27. The van der Waals surface area contributed by atoms with Crippen LogP contribution in [0.2, 0.25) is 0 Å². The van der Waals surface area contributed by atoms with Crippen LogP contribution in [0, 0.1) is 18.3 Å². The highest BCUT2D eigenvalue weighted by Crippen LogP contribution is 2.16. The smallest absolute Gasteiger partial charge is 0.347 e. The van der Waals surface area contributed by atoms with Crippen molar-refractivity contribution < 1.29 is 13.9 Å². The van der Waals surface area contributed by atoms with Crippen LogP contribution >= 0.6 is 0 Å². The van der Waals surface area contributed by atoms with Crippen molar-refractivity contribution in [1.82, 2.24) is 0 Å². The molecular weight excluding hydrogens is 218 g/mol. The van der Waals surface area contributed by atoms with Gasteiger partial charge < -0.3 is 9.15 Å². The molecule has 4 nitrogen and oxygen atoms in total. The molecule has 0 fully saturated rings. The van der Waals surface area contributed by atoms with E-state index < -0.39 is 5.97 Å². The minimum Gasteiger partial charge on any atom is -0.469 e. The van der Waals surface area contributed by atoms with Gasteiger partial charge in [0, 0.05) is 0 Å². The van der Waals surface area contributed by atoms with E-state index in [1.165, 1.54) is 6.26 Å². The molecular formula is C13H9NO3. The highest BCUT2D eigenvalue weighted by Gasteiger charge is 2.13. The quantitative estimate of drug-likeness (QED) is 0.584. The molecule has 0 radical (unpaired) electrons. The minimum atomic E-state index is -0.471. The maximum absolute atomic E-state index is 11.7. The van der Waals surface area contributed by atoms with Crippen LogP contribution in [-0.2, 0) is 0 Å². The maximum Gasteiger partial charge on any atom is 0.347 e. The molecule has 17 heavy (non-hydrogen) atoms. The lowest BCUT2D eigenvalue weighted by Gasteiger charge is -2.02. The van der Waals surface area contributed by atoms with E-state index in [4.69, 9.17) is 14.4 Å². The van der Waals surface area contributed by atoms with Crippen LogP contribution in [0.4, 0.5) is 0 Å². The summed E-state index contributed by atoms with van der Waals surface area (Å²) < 4.78 is 10.1. The molecule has 1 aromatic heterocycles. The molecule has 0 unspecified atom stereocenters. The van der Waals surface area contributed by atoms with Gasteiger partial charge in [-0.25, -0.2) is 4.79 Å². The van der Waals surface area contributed by atoms with Crippen LogP contribution in [0.1, 0.15) is 21.7 Å². The second kappa shape index (κ2) is 4.54. The molecule has 0 N–H and O–H groups in total. The highest BCUT2D eigenvalue weighted by molar-refractivity contribution is 5.91. The second-order valence-electron chi connectivity index (χ2n) is 3.42. The third-order valence-electron chi connectivity index (χ3n) is 2.27. The number of rotatable bonds is 2. The molecule has 4 heteroatoms. The van der Waals surface area contributed by atoms with Gasteiger partial charge in [-0.05, 0) is 37.3 Å². The molecule has 0 aliphatic heterocycles. The van der Waals surface area contributed by atoms with Gasteiger partial charge in [0.2, 0.25) is 0 Å². The number of hydrogen-bond donors (Lipinski definition) is 0. The fourth-order valence-electron chi connectivity index (χ4n) is 1.36. The van der Waals surface area contributed by atoms with Crippen molar-refractivity contribution in [1.29, 1.82) is 5.26 Å². The maximum atomic E-state index is 11.7. The SMILES string of the molecule is Cc1occc1C(=O)Oc1ccc(C#N)cc1. The number of hydrogen-bond acceptors (Lipinski definition) is 4. The van der Waals surface area contributed by atoms with Gasteiger partial charge in [-0.3, -0.25) is 0 Å². The molecule has 0 atom stereocenters. The minimum absolute atomic E-state index is 0.398. The molecule has 0 amide bonds. The Kier molecular flexibility index (Phi) is 2.93. The summed E-state index contributed by atoms with van der Waals surface area (Å²) in [4.78, 5) is 11.7. The Morgan fingerprint density at radius 3 is 2.53 bits per heavy atom. The van der Waals surface area contributed by atoms with Crippen molar-refractivity contribution in [3.8, 4) is 11.8 Å². The lowest BCUT2D eigenvalue weighted by atomic mass is 10.2. The van der Waals surface area contributed by atoms with Crippen LogP contribution in [0.15, 0.2) is 41.0 Å². The molecule has 0 saturated carbocycles. The van der Waals surface area contributed by atoms with Crippen LogP contribution < -0.4 is 4.74 Å². The van der Waals surface area contributed by atoms with E-state index in [1.54, 1.807) is 37.3 Å². The molecule has 0 aliphatic carbocycles. The monoisotopic (exact) mass is 227 g/mol. The largest absolute Gasteiger partial charge is 0.469 e. The fraction of sp³-hybridized carbons (Fsp3) is 0.0769. The number of nitriles is 1.